The largest absolute Gasteiger partial charge is 0.444 e. The summed E-state index contributed by atoms with van der Waals surface area (Å²) < 4.78 is 5.42. The number of likely N-dealkylation sites (tertiary alicyclic amines) is 1. The molecule has 0 bridgehead atoms. The Morgan fingerprint density at radius 3 is 2.81 bits per heavy atom. The highest BCUT2D eigenvalue weighted by Crippen LogP contribution is 2.14. The van der Waals surface area contributed by atoms with Gasteiger partial charge in [-0.2, -0.15) is 0 Å². The van der Waals surface area contributed by atoms with Crippen LogP contribution in [0, 0.1) is 0 Å². The van der Waals surface area contributed by atoms with Crippen molar-refractivity contribution in [2.45, 2.75) is 45.3 Å². The lowest BCUT2D eigenvalue weighted by atomic mass is 10.2. The van der Waals surface area contributed by atoms with E-state index >= 15 is 0 Å². The smallest absolute Gasteiger partial charge is 0.410 e. The lowest BCUT2D eigenvalue weighted by Gasteiger charge is -2.30. The van der Waals surface area contributed by atoms with Crippen LogP contribution in [0.2, 0.25) is 0 Å². The summed E-state index contributed by atoms with van der Waals surface area (Å²) in [5.41, 5.74) is -0.453. The first-order chi connectivity index (χ1) is 9.85. The topological polar surface area (TPSA) is 57.2 Å². The van der Waals surface area contributed by atoms with Crippen LogP contribution in [-0.2, 0) is 4.74 Å². The van der Waals surface area contributed by atoms with Crippen LogP contribution < -0.4 is 5.32 Å². The lowest BCUT2D eigenvalue weighted by molar-refractivity contribution is 0.0276. The molecular formula is C15H28N4O2. The molecule has 2 aliphatic heterocycles. The van der Waals surface area contributed by atoms with E-state index in [0.29, 0.717) is 25.7 Å². The van der Waals surface area contributed by atoms with E-state index in [-0.39, 0.29) is 6.09 Å². The van der Waals surface area contributed by atoms with Gasteiger partial charge in [0.05, 0.1) is 13.1 Å². The van der Waals surface area contributed by atoms with Crippen LogP contribution in [0.5, 0.6) is 0 Å². The number of hydrogen-bond donors (Lipinski definition) is 1. The average molecular weight is 296 g/mol. The van der Waals surface area contributed by atoms with Crippen LogP contribution in [0.4, 0.5) is 4.79 Å². The van der Waals surface area contributed by atoms with E-state index in [0.717, 1.165) is 12.4 Å². The number of rotatable bonds is 2. The van der Waals surface area contributed by atoms with Crippen molar-refractivity contribution in [2.75, 3.05) is 39.8 Å². The van der Waals surface area contributed by atoms with Crippen LogP contribution >= 0.6 is 0 Å². The van der Waals surface area contributed by atoms with Gasteiger partial charge in [-0.1, -0.05) is 0 Å². The molecule has 2 rings (SSSR count). The first-order valence-corrected chi connectivity index (χ1v) is 7.80. The molecular weight excluding hydrogens is 268 g/mol. The fourth-order valence-electron chi connectivity index (χ4n) is 2.68. The summed E-state index contributed by atoms with van der Waals surface area (Å²) in [4.78, 5) is 20.7. The summed E-state index contributed by atoms with van der Waals surface area (Å²) in [6.45, 7) is 9.52. The molecule has 6 heteroatoms. The molecule has 0 aromatic heterocycles. The second-order valence-corrected chi connectivity index (χ2v) is 6.89. The first kappa shape index (κ1) is 16.1. The van der Waals surface area contributed by atoms with Crippen LogP contribution in [0.1, 0.15) is 33.6 Å². The van der Waals surface area contributed by atoms with Gasteiger partial charge in [-0.15, -0.1) is 0 Å². The predicted octanol–water partition coefficient (Wildman–Crippen LogP) is 1.32. The molecule has 120 valence electrons. The second kappa shape index (κ2) is 6.64. The summed E-state index contributed by atoms with van der Waals surface area (Å²) in [5.74, 6) is 0.896. The Morgan fingerprint density at radius 1 is 1.43 bits per heavy atom. The fraction of sp³-hybridized carbons (Fsp3) is 0.867. The van der Waals surface area contributed by atoms with Crippen molar-refractivity contribution < 1.29 is 9.53 Å². The Kier molecular flexibility index (Phi) is 5.08. The normalized spacial score (nSPS) is 23.9. The number of amides is 1. The van der Waals surface area contributed by atoms with Crippen LogP contribution in [-0.4, -0.2) is 73.1 Å². The van der Waals surface area contributed by atoms with Gasteiger partial charge in [0.1, 0.15) is 11.4 Å². The molecule has 1 N–H and O–H groups in total. The molecule has 6 nitrogen and oxygen atoms in total. The SMILES string of the molecule is CN1CCCC1CNC1=NCCN(C(=O)OC(C)(C)C)C1. The van der Waals surface area contributed by atoms with Crippen molar-refractivity contribution >= 4 is 11.9 Å². The van der Waals surface area contributed by atoms with Gasteiger partial charge in [0.25, 0.3) is 0 Å². The highest BCUT2D eigenvalue weighted by atomic mass is 16.6. The minimum atomic E-state index is -0.453. The lowest BCUT2D eigenvalue weighted by Crippen LogP contribution is -2.49. The number of carbonyl (C=O) groups excluding carboxylic acids is 1. The Balaban J connectivity index is 1.80. The van der Waals surface area contributed by atoms with E-state index < -0.39 is 5.60 Å². The van der Waals surface area contributed by atoms with Gasteiger partial charge in [0.15, 0.2) is 0 Å². The third-order valence-corrected chi connectivity index (χ3v) is 3.88. The van der Waals surface area contributed by atoms with Crippen LogP contribution in [0.25, 0.3) is 0 Å². The average Bonchev–Trinajstić information content (AvgIpc) is 2.80. The monoisotopic (exact) mass is 296 g/mol. The zero-order valence-electron chi connectivity index (χ0n) is 13.7. The van der Waals surface area contributed by atoms with E-state index in [1.54, 1.807) is 4.90 Å². The molecule has 1 unspecified atom stereocenters. The summed E-state index contributed by atoms with van der Waals surface area (Å²) in [5, 5.41) is 3.40. The highest BCUT2D eigenvalue weighted by molar-refractivity contribution is 5.87. The Hall–Kier alpha value is -1.30. The van der Waals surface area contributed by atoms with Crippen molar-refractivity contribution in [1.82, 2.24) is 15.1 Å². The van der Waals surface area contributed by atoms with E-state index in [2.05, 4.69) is 22.3 Å². The maximum atomic E-state index is 12.1. The standard InChI is InChI=1S/C15H28N4O2/c1-15(2,3)21-14(20)19-9-7-16-13(11-19)17-10-12-6-5-8-18(12)4/h12H,5-11H2,1-4H3,(H,16,17). The van der Waals surface area contributed by atoms with Gasteiger partial charge in [-0.3, -0.25) is 9.89 Å². The van der Waals surface area contributed by atoms with Gasteiger partial charge in [0.2, 0.25) is 0 Å². The van der Waals surface area contributed by atoms with E-state index in [1.807, 2.05) is 20.8 Å². The van der Waals surface area contributed by atoms with Gasteiger partial charge in [0, 0.05) is 19.1 Å². The molecule has 1 fully saturated rings. The molecule has 0 aromatic carbocycles. The highest BCUT2D eigenvalue weighted by Gasteiger charge is 2.26. The third kappa shape index (κ3) is 4.88. The maximum absolute atomic E-state index is 12.1. The van der Waals surface area contributed by atoms with Crippen molar-refractivity contribution in [1.29, 1.82) is 0 Å². The Bertz CT molecular complexity index is 403. The number of hydrogen-bond acceptors (Lipinski definition) is 5. The molecule has 2 aliphatic rings. The molecule has 0 spiro atoms. The third-order valence-electron chi connectivity index (χ3n) is 3.88. The minimum absolute atomic E-state index is 0.255. The predicted molar refractivity (Wildman–Crippen MR) is 83.8 cm³/mol. The first-order valence-electron chi connectivity index (χ1n) is 7.80. The maximum Gasteiger partial charge on any atom is 0.410 e. The molecule has 0 radical (unpaired) electrons. The summed E-state index contributed by atoms with van der Waals surface area (Å²) >= 11 is 0. The zero-order valence-corrected chi connectivity index (χ0v) is 13.7. The summed E-state index contributed by atoms with van der Waals surface area (Å²) in [6, 6.07) is 0.574. The van der Waals surface area contributed by atoms with Crippen LogP contribution in [0.3, 0.4) is 0 Å². The summed E-state index contributed by atoms with van der Waals surface area (Å²) in [6.07, 6.45) is 2.24. The number of carbonyl (C=O) groups is 1. The van der Waals surface area contributed by atoms with Gasteiger partial charge in [-0.25, -0.2) is 4.79 Å². The number of nitrogens with one attached hydrogen (secondary N) is 1. The molecule has 0 saturated carbocycles. The van der Waals surface area contributed by atoms with Crippen molar-refractivity contribution in [3.05, 3.63) is 0 Å². The number of ether oxygens (including phenoxy) is 1. The number of likely N-dealkylation sites (N-methyl/N-ethyl adjacent to an activating group) is 1. The molecule has 1 saturated heterocycles. The summed E-state index contributed by atoms with van der Waals surface area (Å²) in [7, 11) is 2.16. The molecule has 2 heterocycles. The van der Waals surface area contributed by atoms with Crippen LogP contribution in [0.15, 0.2) is 4.99 Å². The van der Waals surface area contributed by atoms with Gasteiger partial charge in [-0.05, 0) is 47.2 Å². The fourth-order valence-corrected chi connectivity index (χ4v) is 2.68. The Morgan fingerprint density at radius 2 is 2.19 bits per heavy atom. The Labute approximate surface area is 127 Å². The van der Waals surface area contributed by atoms with E-state index in [4.69, 9.17) is 4.74 Å². The minimum Gasteiger partial charge on any atom is -0.444 e. The number of aliphatic imine (C=N–C) groups is 1. The molecule has 0 aromatic rings. The number of nitrogens with zero attached hydrogens (tertiary/aromatic N) is 3. The van der Waals surface area contributed by atoms with E-state index in [9.17, 15) is 4.79 Å². The van der Waals surface area contributed by atoms with Crippen molar-refractivity contribution in [3.8, 4) is 0 Å². The van der Waals surface area contributed by atoms with Gasteiger partial charge < -0.3 is 15.0 Å². The molecule has 1 atom stereocenters. The quantitative estimate of drug-likeness (QED) is 0.835. The second-order valence-electron chi connectivity index (χ2n) is 6.89. The van der Waals surface area contributed by atoms with E-state index in [1.165, 1.54) is 19.4 Å². The number of amidine groups is 1. The van der Waals surface area contributed by atoms with Gasteiger partial charge >= 0.3 is 6.09 Å². The molecule has 0 aliphatic carbocycles. The zero-order chi connectivity index (χ0) is 15.5. The van der Waals surface area contributed by atoms with Crippen molar-refractivity contribution in [3.63, 3.8) is 0 Å². The molecule has 1 amide bonds. The molecule has 21 heavy (non-hydrogen) atoms. The van der Waals surface area contributed by atoms with Crippen molar-refractivity contribution in [2.24, 2.45) is 4.99 Å².